The molecule has 1 aromatic carbocycles. The van der Waals surface area contributed by atoms with Gasteiger partial charge in [0, 0.05) is 19.2 Å². The van der Waals surface area contributed by atoms with Gasteiger partial charge in [0.1, 0.15) is 11.5 Å². The topological polar surface area (TPSA) is 49.8 Å². The Balaban J connectivity index is 2.14. The molecule has 104 valence electrons. The van der Waals surface area contributed by atoms with Crippen molar-refractivity contribution in [3.8, 4) is 11.5 Å². The van der Waals surface area contributed by atoms with Crippen molar-refractivity contribution < 1.29 is 14.6 Å². The van der Waals surface area contributed by atoms with Gasteiger partial charge in [0.2, 0.25) is 0 Å². The fourth-order valence-corrected chi connectivity index (χ4v) is 2.46. The quantitative estimate of drug-likeness (QED) is 0.892. The molecule has 0 bridgehead atoms. The smallest absolute Gasteiger partial charge is 0.257 e. The summed E-state index contributed by atoms with van der Waals surface area (Å²) >= 11 is 0. The molecular weight excluding hydrogens is 242 g/mol. The normalized spacial score (nSPS) is 19.9. The first-order valence-electron chi connectivity index (χ1n) is 6.78. The van der Waals surface area contributed by atoms with Crippen LogP contribution >= 0.6 is 0 Å². The molecule has 1 heterocycles. The van der Waals surface area contributed by atoms with Crippen LogP contribution in [0.2, 0.25) is 0 Å². The van der Waals surface area contributed by atoms with Crippen LogP contribution in [0.15, 0.2) is 18.2 Å². The van der Waals surface area contributed by atoms with E-state index in [1.54, 1.807) is 12.1 Å². The molecule has 1 amide bonds. The SMILES string of the molecule is COc1ccc(C(=O)N2CCCC(C)CC2)c(O)c1. The number of amides is 1. The van der Waals surface area contributed by atoms with Crippen LogP contribution in [-0.2, 0) is 0 Å². The van der Waals surface area contributed by atoms with Gasteiger partial charge in [-0.15, -0.1) is 0 Å². The van der Waals surface area contributed by atoms with Gasteiger partial charge in [-0.3, -0.25) is 4.79 Å². The Hall–Kier alpha value is -1.71. The summed E-state index contributed by atoms with van der Waals surface area (Å²) < 4.78 is 5.02. The summed E-state index contributed by atoms with van der Waals surface area (Å²) in [6, 6.07) is 4.81. The van der Waals surface area contributed by atoms with E-state index in [2.05, 4.69) is 6.92 Å². The molecule has 1 atom stereocenters. The van der Waals surface area contributed by atoms with Crippen molar-refractivity contribution in [3.05, 3.63) is 23.8 Å². The fourth-order valence-electron chi connectivity index (χ4n) is 2.46. The third kappa shape index (κ3) is 3.19. The number of phenolic OH excluding ortho intramolecular Hbond substituents is 1. The van der Waals surface area contributed by atoms with Crippen molar-refractivity contribution in [2.75, 3.05) is 20.2 Å². The number of hydrogen-bond donors (Lipinski definition) is 1. The lowest BCUT2D eigenvalue weighted by Crippen LogP contribution is -2.32. The van der Waals surface area contributed by atoms with E-state index in [0.717, 1.165) is 25.9 Å². The zero-order chi connectivity index (χ0) is 13.8. The van der Waals surface area contributed by atoms with E-state index in [0.29, 0.717) is 17.2 Å². The van der Waals surface area contributed by atoms with Crippen molar-refractivity contribution >= 4 is 5.91 Å². The first-order chi connectivity index (χ1) is 9.11. The number of carbonyl (C=O) groups is 1. The van der Waals surface area contributed by atoms with E-state index in [4.69, 9.17) is 4.74 Å². The minimum absolute atomic E-state index is 0.0124. The molecule has 0 radical (unpaired) electrons. The maximum Gasteiger partial charge on any atom is 0.257 e. The number of ether oxygens (including phenoxy) is 1. The molecule has 0 saturated carbocycles. The number of rotatable bonds is 2. The van der Waals surface area contributed by atoms with E-state index in [1.807, 2.05) is 4.90 Å². The molecule has 19 heavy (non-hydrogen) atoms. The molecule has 4 nitrogen and oxygen atoms in total. The number of hydrogen-bond acceptors (Lipinski definition) is 3. The molecule has 1 aliphatic heterocycles. The number of likely N-dealkylation sites (tertiary alicyclic amines) is 1. The highest BCUT2D eigenvalue weighted by molar-refractivity contribution is 5.97. The average molecular weight is 263 g/mol. The van der Waals surface area contributed by atoms with E-state index >= 15 is 0 Å². The van der Waals surface area contributed by atoms with E-state index < -0.39 is 0 Å². The molecular formula is C15H21NO3. The zero-order valence-corrected chi connectivity index (χ0v) is 11.6. The average Bonchev–Trinajstić information content (AvgIpc) is 2.62. The number of nitrogens with zero attached hydrogens (tertiary/aromatic N) is 1. The minimum Gasteiger partial charge on any atom is -0.507 e. The summed E-state index contributed by atoms with van der Waals surface area (Å²) in [4.78, 5) is 14.2. The molecule has 1 fully saturated rings. The molecule has 0 aliphatic carbocycles. The number of phenols is 1. The predicted molar refractivity (Wildman–Crippen MR) is 73.6 cm³/mol. The summed E-state index contributed by atoms with van der Waals surface area (Å²) in [5.74, 6) is 1.12. The van der Waals surface area contributed by atoms with Gasteiger partial charge in [-0.2, -0.15) is 0 Å². The number of methoxy groups -OCH3 is 1. The summed E-state index contributed by atoms with van der Waals surface area (Å²) in [6.07, 6.45) is 3.23. The lowest BCUT2D eigenvalue weighted by atomic mass is 10.0. The van der Waals surface area contributed by atoms with Gasteiger partial charge in [0.25, 0.3) is 5.91 Å². The Morgan fingerprint density at radius 3 is 2.84 bits per heavy atom. The van der Waals surface area contributed by atoms with Crippen molar-refractivity contribution in [3.63, 3.8) is 0 Å². The maximum absolute atomic E-state index is 12.4. The van der Waals surface area contributed by atoms with E-state index in [-0.39, 0.29) is 11.7 Å². The number of carbonyl (C=O) groups excluding carboxylic acids is 1. The van der Waals surface area contributed by atoms with Crippen LogP contribution in [0.3, 0.4) is 0 Å². The molecule has 1 aromatic rings. The van der Waals surface area contributed by atoms with E-state index in [9.17, 15) is 9.90 Å². The highest BCUT2D eigenvalue weighted by atomic mass is 16.5. The van der Waals surface area contributed by atoms with Gasteiger partial charge in [0.05, 0.1) is 12.7 Å². The van der Waals surface area contributed by atoms with Crippen molar-refractivity contribution in [1.29, 1.82) is 0 Å². The highest BCUT2D eigenvalue weighted by Gasteiger charge is 2.22. The third-order valence-electron chi connectivity index (χ3n) is 3.74. The van der Waals surface area contributed by atoms with Gasteiger partial charge >= 0.3 is 0 Å². The van der Waals surface area contributed by atoms with Crippen molar-refractivity contribution in [1.82, 2.24) is 4.90 Å². The Bertz CT molecular complexity index is 459. The standard InChI is InChI=1S/C15H21NO3/c1-11-4-3-8-16(9-7-11)15(18)13-6-5-12(19-2)10-14(13)17/h5-6,10-11,17H,3-4,7-9H2,1-2H3. The van der Waals surface area contributed by atoms with Gasteiger partial charge in [-0.1, -0.05) is 6.92 Å². The molecule has 1 N–H and O–H groups in total. The second-order valence-electron chi connectivity index (χ2n) is 5.21. The van der Waals surface area contributed by atoms with E-state index in [1.165, 1.54) is 19.6 Å². The second-order valence-corrected chi connectivity index (χ2v) is 5.21. The van der Waals surface area contributed by atoms with Crippen LogP contribution in [0.25, 0.3) is 0 Å². The molecule has 4 heteroatoms. The molecule has 0 spiro atoms. The first kappa shape index (κ1) is 13.7. The Morgan fingerprint density at radius 1 is 1.37 bits per heavy atom. The summed E-state index contributed by atoms with van der Waals surface area (Å²) in [5.41, 5.74) is 0.357. The minimum atomic E-state index is -0.0887. The monoisotopic (exact) mass is 263 g/mol. The fraction of sp³-hybridized carbons (Fsp3) is 0.533. The van der Waals surface area contributed by atoms with Crippen LogP contribution < -0.4 is 4.74 Å². The first-order valence-corrected chi connectivity index (χ1v) is 6.78. The largest absolute Gasteiger partial charge is 0.507 e. The van der Waals surface area contributed by atoms with Gasteiger partial charge in [-0.05, 0) is 37.3 Å². The number of aromatic hydroxyl groups is 1. The van der Waals surface area contributed by atoms with Gasteiger partial charge < -0.3 is 14.7 Å². The van der Waals surface area contributed by atoms with Crippen LogP contribution in [0.5, 0.6) is 11.5 Å². The molecule has 1 aliphatic rings. The number of benzene rings is 1. The second kappa shape index (κ2) is 5.95. The van der Waals surface area contributed by atoms with Crippen LogP contribution in [0.1, 0.15) is 36.5 Å². The molecule has 0 aromatic heterocycles. The highest BCUT2D eigenvalue weighted by Crippen LogP contribution is 2.26. The lowest BCUT2D eigenvalue weighted by Gasteiger charge is -2.21. The van der Waals surface area contributed by atoms with Crippen LogP contribution in [0.4, 0.5) is 0 Å². The molecule has 2 rings (SSSR count). The molecule has 1 saturated heterocycles. The van der Waals surface area contributed by atoms with Crippen LogP contribution in [-0.4, -0.2) is 36.1 Å². The van der Waals surface area contributed by atoms with Crippen molar-refractivity contribution in [2.24, 2.45) is 5.92 Å². The Kier molecular flexibility index (Phi) is 4.30. The summed E-state index contributed by atoms with van der Waals surface area (Å²) in [7, 11) is 1.53. The van der Waals surface area contributed by atoms with Crippen LogP contribution in [0, 0.1) is 5.92 Å². The summed E-state index contributed by atoms with van der Waals surface area (Å²) in [5, 5.41) is 9.92. The third-order valence-corrected chi connectivity index (χ3v) is 3.74. The molecule has 1 unspecified atom stereocenters. The van der Waals surface area contributed by atoms with Gasteiger partial charge in [0.15, 0.2) is 0 Å². The van der Waals surface area contributed by atoms with Crippen molar-refractivity contribution in [2.45, 2.75) is 26.2 Å². The van der Waals surface area contributed by atoms with Gasteiger partial charge in [-0.25, -0.2) is 0 Å². The predicted octanol–water partition coefficient (Wildman–Crippen LogP) is 2.66. The summed E-state index contributed by atoms with van der Waals surface area (Å²) in [6.45, 7) is 3.76. The Morgan fingerprint density at radius 2 is 2.16 bits per heavy atom. The Labute approximate surface area is 114 Å². The maximum atomic E-state index is 12.4. The zero-order valence-electron chi connectivity index (χ0n) is 11.6. The lowest BCUT2D eigenvalue weighted by molar-refractivity contribution is 0.0757.